The molecule has 2 aromatic carbocycles. The normalized spacial score (nSPS) is 18.7. The summed E-state index contributed by atoms with van der Waals surface area (Å²) in [6, 6.07) is 15.0. The number of thiazole rings is 1. The van der Waals surface area contributed by atoms with Crippen LogP contribution in [0.3, 0.4) is 0 Å². The molecule has 2 fully saturated rings. The number of ketones is 1. The van der Waals surface area contributed by atoms with Crippen LogP contribution in [0.5, 0.6) is 0 Å². The molecule has 1 aliphatic heterocycles. The summed E-state index contributed by atoms with van der Waals surface area (Å²) in [5.41, 5.74) is 7.69. The minimum Gasteiger partial charge on any atom is -0.378 e. The van der Waals surface area contributed by atoms with Crippen LogP contribution >= 0.6 is 11.3 Å². The maximum atomic E-state index is 12.9. The largest absolute Gasteiger partial charge is 0.378 e. The number of fused-ring (bicyclic) bond motifs is 1. The molecule has 2 aliphatic rings. The van der Waals surface area contributed by atoms with Crippen molar-refractivity contribution < 1.29 is 19.1 Å². The molecule has 11 nitrogen and oxygen atoms in total. The average Bonchev–Trinajstić information content (AvgIpc) is 3.47. The summed E-state index contributed by atoms with van der Waals surface area (Å²) in [7, 11) is 0. The number of nitrogens with zero attached hydrogens (tertiary/aromatic N) is 4. The summed E-state index contributed by atoms with van der Waals surface area (Å²) in [4.78, 5) is 52.9. The Morgan fingerprint density at radius 1 is 0.977 bits per heavy atom. The summed E-state index contributed by atoms with van der Waals surface area (Å²) >= 11 is 1.46. The van der Waals surface area contributed by atoms with Gasteiger partial charge in [-0.05, 0) is 68.0 Å². The number of Topliss-reactive ketones (excluding diaryl/α,β-unsaturated/α-hetero) is 1. The van der Waals surface area contributed by atoms with Crippen molar-refractivity contribution in [2.45, 2.75) is 38.1 Å². The first-order valence-electron chi connectivity index (χ1n) is 14.5. The van der Waals surface area contributed by atoms with Crippen LogP contribution in [0.4, 0.5) is 17.3 Å². The smallest absolute Gasteiger partial charge is 0.271 e. The summed E-state index contributed by atoms with van der Waals surface area (Å²) in [5.74, 6) is 0.449. The van der Waals surface area contributed by atoms with Gasteiger partial charge in [0.05, 0.1) is 29.6 Å². The lowest BCUT2D eigenvalue weighted by atomic mass is 9.83. The van der Waals surface area contributed by atoms with Gasteiger partial charge in [0.1, 0.15) is 5.82 Å². The first kappa shape index (κ1) is 28.7. The van der Waals surface area contributed by atoms with Crippen molar-refractivity contribution in [2.24, 2.45) is 11.7 Å². The van der Waals surface area contributed by atoms with Gasteiger partial charge in [-0.1, -0.05) is 12.1 Å². The van der Waals surface area contributed by atoms with Gasteiger partial charge in [0.25, 0.3) is 11.8 Å². The number of rotatable bonds is 9. The number of nitrogens with one attached hydrogen (secondary N) is 2. The molecular weight excluding hydrogens is 566 g/mol. The SMILES string of the molecule is NC(=O)c1ncc(NC2CCC(CC(=O)c3nc4ccccc4s3)CC2)nc1Nc1ccc(C(=O)N2CCOCC2)cc1. The molecule has 43 heavy (non-hydrogen) atoms. The fraction of sp³-hybridized carbons (Fsp3) is 0.355. The molecule has 1 saturated carbocycles. The Hall–Kier alpha value is -4.42. The lowest BCUT2D eigenvalue weighted by molar-refractivity contribution is 0.0303. The third-order valence-corrected chi connectivity index (χ3v) is 8.98. The topological polar surface area (TPSA) is 152 Å². The number of benzene rings is 2. The average molecular weight is 600 g/mol. The van der Waals surface area contributed by atoms with Crippen molar-refractivity contribution in [2.75, 3.05) is 36.9 Å². The number of hydrogen-bond donors (Lipinski definition) is 3. The Balaban J connectivity index is 1.05. The minimum absolute atomic E-state index is 0.0242. The second-order valence-electron chi connectivity index (χ2n) is 10.9. The number of ether oxygens (including phenoxy) is 1. The quantitative estimate of drug-likeness (QED) is 0.234. The lowest BCUT2D eigenvalue weighted by Gasteiger charge is -2.29. The van der Waals surface area contributed by atoms with Gasteiger partial charge in [-0.15, -0.1) is 11.3 Å². The zero-order valence-electron chi connectivity index (χ0n) is 23.6. The van der Waals surface area contributed by atoms with E-state index in [9.17, 15) is 14.4 Å². The minimum atomic E-state index is -0.695. The second kappa shape index (κ2) is 12.8. The van der Waals surface area contributed by atoms with Gasteiger partial charge < -0.3 is 26.0 Å². The van der Waals surface area contributed by atoms with Crippen molar-refractivity contribution in [3.8, 4) is 0 Å². The van der Waals surface area contributed by atoms with Crippen LogP contribution in [0.15, 0.2) is 54.7 Å². The Bertz CT molecular complexity index is 1590. The van der Waals surface area contributed by atoms with Gasteiger partial charge in [-0.3, -0.25) is 14.4 Å². The van der Waals surface area contributed by atoms with E-state index in [2.05, 4.69) is 25.6 Å². The van der Waals surface area contributed by atoms with E-state index in [1.165, 1.54) is 17.5 Å². The number of amides is 2. The second-order valence-corrected chi connectivity index (χ2v) is 11.9. The van der Waals surface area contributed by atoms with Gasteiger partial charge in [0, 0.05) is 36.8 Å². The first-order chi connectivity index (χ1) is 20.9. The molecule has 12 heteroatoms. The van der Waals surface area contributed by atoms with Crippen molar-refractivity contribution in [3.63, 3.8) is 0 Å². The molecule has 222 valence electrons. The Morgan fingerprint density at radius 2 is 1.72 bits per heavy atom. The standard InChI is InChI=1S/C31H33N7O4S/c32-28(40)27-29(35-22-11-7-20(8-12-22)31(41)38-13-15-42-16-14-38)37-26(18-33-27)34-21-9-5-19(6-10-21)17-24(39)30-36-23-3-1-2-4-25(23)43-30/h1-4,7-8,11-12,18-19,21H,5-6,9-10,13-17H2,(H2,32,40)(H2,34,35,37). The number of primary amides is 1. The summed E-state index contributed by atoms with van der Waals surface area (Å²) < 4.78 is 6.36. The molecule has 0 spiro atoms. The van der Waals surface area contributed by atoms with Gasteiger partial charge in [-0.2, -0.15) is 0 Å². The Labute approximate surface area is 252 Å². The highest BCUT2D eigenvalue weighted by Crippen LogP contribution is 2.31. The van der Waals surface area contributed by atoms with Crippen LogP contribution in [0.25, 0.3) is 10.2 Å². The number of nitrogens with two attached hydrogens (primary N) is 1. The summed E-state index contributed by atoms with van der Waals surface area (Å²) in [6.45, 7) is 2.22. The molecule has 0 radical (unpaired) electrons. The van der Waals surface area contributed by atoms with Crippen molar-refractivity contribution in [3.05, 3.63) is 71.0 Å². The molecular formula is C31H33N7O4S. The van der Waals surface area contributed by atoms with E-state index >= 15 is 0 Å². The number of carbonyl (C=O) groups is 3. The van der Waals surface area contributed by atoms with Crippen LogP contribution in [-0.2, 0) is 4.74 Å². The van der Waals surface area contributed by atoms with Crippen LogP contribution in [-0.4, -0.2) is 69.8 Å². The highest BCUT2D eigenvalue weighted by atomic mass is 32.1. The molecule has 4 aromatic rings. The van der Waals surface area contributed by atoms with Gasteiger partial charge in [-0.25, -0.2) is 15.0 Å². The number of anilines is 3. The van der Waals surface area contributed by atoms with E-state index in [-0.39, 0.29) is 29.2 Å². The number of aromatic nitrogens is 3. The molecule has 0 atom stereocenters. The molecule has 2 aromatic heterocycles. The van der Waals surface area contributed by atoms with Gasteiger partial charge in [0.2, 0.25) is 0 Å². The maximum absolute atomic E-state index is 12.9. The Morgan fingerprint density at radius 3 is 2.44 bits per heavy atom. The Kier molecular flexibility index (Phi) is 8.57. The molecule has 3 heterocycles. The van der Waals surface area contributed by atoms with E-state index in [1.807, 2.05) is 24.3 Å². The third kappa shape index (κ3) is 6.81. The van der Waals surface area contributed by atoms with Crippen LogP contribution in [0.1, 0.15) is 62.8 Å². The fourth-order valence-electron chi connectivity index (χ4n) is 5.57. The molecule has 0 bridgehead atoms. The highest BCUT2D eigenvalue weighted by molar-refractivity contribution is 7.20. The van der Waals surface area contributed by atoms with Crippen molar-refractivity contribution in [1.82, 2.24) is 19.9 Å². The first-order valence-corrected chi connectivity index (χ1v) is 15.3. The summed E-state index contributed by atoms with van der Waals surface area (Å²) in [6.07, 6.45) is 5.63. The van der Waals surface area contributed by atoms with Crippen molar-refractivity contribution >= 4 is 56.5 Å². The third-order valence-electron chi connectivity index (χ3n) is 7.90. The van der Waals surface area contributed by atoms with E-state index in [1.54, 1.807) is 29.2 Å². The maximum Gasteiger partial charge on any atom is 0.271 e. The molecule has 2 amide bonds. The van der Waals surface area contributed by atoms with E-state index in [4.69, 9.17) is 10.5 Å². The van der Waals surface area contributed by atoms with Crippen LogP contribution < -0.4 is 16.4 Å². The predicted molar refractivity (Wildman–Crippen MR) is 165 cm³/mol. The van der Waals surface area contributed by atoms with Gasteiger partial charge >= 0.3 is 0 Å². The van der Waals surface area contributed by atoms with Crippen LogP contribution in [0.2, 0.25) is 0 Å². The van der Waals surface area contributed by atoms with E-state index in [0.717, 1.165) is 35.9 Å². The van der Waals surface area contributed by atoms with Gasteiger partial charge in [0.15, 0.2) is 22.3 Å². The number of carbonyl (C=O) groups excluding carboxylic acids is 3. The molecule has 1 saturated heterocycles. The number of para-hydroxylation sites is 1. The summed E-state index contributed by atoms with van der Waals surface area (Å²) in [5, 5.41) is 7.15. The zero-order valence-corrected chi connectivity index (χ0v) is 24.4. The predicted octanol–water partition coefficient (Wildman–Crippen LogP) is 4.64. The fourth-order valence-corrected chi connectivity index (χ4v) is 6.48. The number of morpholine rings is 1. The highest BCUT2D eigenvalue weighted by Gasteiger charge is 2.26. The number of hydrogen-bond acceptors (Lipinski definition) is 10. The lowest BCUT2D eigenvalue weighted by Crippen LogP contribution is -2.40. The van der Waals surface area contributed by atoms with E-state index < -0.39 is 5.91 Å². The zero-order chi connectivity index (χ0) is 29.8. The van der Waals surface area contributed by atoms with Crippen molar-refractivity contribution in [1.29, 1.82) is 0 Å². The molecule has 6 rings (SSSR count). The monoisotopic (exact) mass is 599 g/mol. The molecule has 1 aliphatic carbocycles. The molecule has 4 N–H and O–H groups in total. The van der Waals surface area contributed by atoms with Crippen LogP contribution in [0, 0.1) is 5.92 Å². The molecule has 0 unspecified atom stereocenters. The van der Waals surface area contributed by atoms with E-state index in [0.29, 0.717) is 60.7 Å².